The summed E-state index contributed by atoms with van der Waals surface area (Å²) in [7, 11) is 1.65. The van der Waals surface area contributed by atoms with E-state index >= 15 is 0 Å². The van der Waals surface area contributed by atoms with Gasteiger partial charge in [-0.3, -0.25) is 4.79 Å². The number of nitrogens with zero attached hydrogens (tertiary/aromatic N) is 2. The molecule has 7 heteroatoms. The molecule has 1 saturated heterocycles. The van der Waals surface area contributed by atoms with E-state index in [1.54, 1.807) is 7.11 Å². The van der Waals surface area contributed by atoms with E-state index in [1.807, 2.05) is 35.7 Å². The fourth-order valence-electron chi connectivity index (χ4n) is 2.83. The van der Waals surface area contributed by atoms with Crippen molar-refractivity contribution in [3.63, 3.8) is 0 Å². The SMILES string of the molecule is COCc1csc(C(=O)NC2CN(c3nc4ccccc4[nH]3)C2)c1. The van der Waals surface area contributed by atoms with Crippen molar-refractivity contribution in [3.8, 4) is 0 Å². The second-order valence-electron chi connectivity index (χ2n) is 5.91. The molecule has 1 fully saturated rings. The van der Waals surface area contributed by atoms with E-state index in [-0.39, 0.29) is 11.9 Å². The number of carbonyl (C=O) groups is 1. The van der Waals surface area contributed by atoms with Crippen molar-refractivity contribution in [1.29, 1.82) is 0 Å². The highest BCUT2D eigenvalue weighted by atomic mass is 32.1. The number of fused-ring (bicyclic) bond motifs is 1. The first-order valence-corrected chi connectivity index (χ1v) is 8.68. The third kappa shape index (κ3) is 2.88. The van der Waals surface area contributed by atoms with Crippen molar-refractivity contribution in [2.24, 2.45) is 0 Å². The summed E-state index contributed by atoms with van der Waals surface area (Å²) in [4.78, 5) is 23.0. The van der Waals surface area contributed by atoms with Crippen LogP contribution in [0.15, 0.2) is 35.7 Å². The summed E-state index contributed by atoms with van der Waals surface area (Å²) in [5.74, 6) is 0.844. The van der Waals surface area contributed by atoms with Gasteiger partial charge in [0.15, 0.2) is 0 Å². The summed E-state index contributed by atoms with van der Waals surface area (Å²) in [6.07, 6.45) is 0. The minimum absolute atomic E-state index is 0.0170. The first-order chi connectivity index (χ1) is 11.7. The number of benzene rings is 1. The van der Waals surface area contributed by atoms with Gasteiger partial charge in [0.1, 0.15) is 0 Å². The number of hydrogen-bond donors (Lipinski definition) is 2. The first kappa shape index (κ1) is 15.2. The molecule has 1 aliphatic heterocycles. The van der Waals surface area contributed by atoms with Crippen LogP contribution in [-0.2, 0) is 11.3 Å². The smallest absolute Gasteiger partial charge is 0.261 e. The van der Waals surface area contributed by atoms with Gasteiger partial charge in [-0.05, 0) is 29.1 Å². The number of thiophene rings is 1. The number of aromatic amines is 1. The Morgan fingerprint density at radius 2 is 2.29 bits per heavy atom. The second-order valence-corrected chi connectivity index (χ2v) is 6.82. The van der Waals surface area contributed by atoms with Crippen LogP contribution in [0.25, 0.3) is 11.0 Å². The van der Waals surface area contributed by atoms with Gasteiger partial charge in [-0.25, -0.2) is 4.98 Å². The second kappa shape index (κ2) is 6.26. The lowest BCUT2D eigenvalue weighted by atomic mass is 10.1. The Balaban J connectivity index is 1.34. The van der Waals surface area contributed by atoms with Crippen molar-refractivity contribution in [1.82, 2.24) is 15.3 Å². The highest BCUT2D eigenvalue weighted by Crippen LogP contribution is 2.22. The quantitative estimate of drug-likeness (QED) is 0.747. The summed E-state index contributed by atoms with van der Waals surface area (Å²) in [5, 5.41) is 5.03. The van der Waals surface area contributed by atoms with Gasteiger partial charge in [-0.2, -0.15) is 0 Å². The van der Waals surface area contributed by atoms with Crippen LogP contribution in [-0.4, -0.2) is 42.1 Å². The fraction of sp³-hybridized carbons (Fsp3) is 0.294. The number of aromatic nitrogens is 2. The number of hydrogen-bond acceptors (Lipinski definition) is 5. The van der Waals surface area contributed by atoms with Crippen LogP contribution < -0.4 is 10.2 Å². The largest absolute Gasteiger partial charge is 0.380 e. The topological polar surface area (TPSA) is 70.2 Å². The lowest BCUT2D eigenvalue weighted by Crippen LogP contribution is -2.59. The zero-order chi connectivity index (χ0) is 16.5. The van der Waals surface area contributed by atoms with E-state index in [1.165, 1.54) is 11.3 Å². The molecule has 0 atom stereocenters. The van der Waals surface area contributed by atoms with Gasteiger partial charge in [-0.1, -0.05) is 12.1 Å². The number of ether oxygens (including phenoxy) is 1. The van der Waals surface area contributed by atoms with Crippen molar-refractivity contribution in [3.05, 3.63) is 46.2 Å². The van der Waals surface area contributed by atoms with Gasteiger partial charge in [0, 0.05) is 20.2 Å². The summed E-state index contributed by atoms with van der Waals surface area (Å²) in [6.45, 7) is 2.07. The maximum Gasteiger partial charge on any atom is 0.261 e. The molecule has 3 heterocycles. The van der Waals surface area contributed by atoms with Crippen LogP contribution in [0, 0.1) is 0 Å². The summed E-state index contributed by atoms with van der Waals surface area (Å²) >= 11 is 1.45. The third-order valence-electron chi connectivity index (χ3n) is 4.08. The van der Waals surface area contributed by atoms with E-state index < -0.39 is 0 Å². The molecule has 3 aromatic rings. The number of methoxy groups -OCH3 is 1. The molecule has 0 saturated carbocycles. The first-order valence-electron chi connectivity index (χ1n) is 7.80. The van der Waals surface area contributed by atoms with Crippen LogP contribution in [0.3, 0.4) is 0 Å². The number of amides is 1. The molecule has 1 aliphatic rings. The standard InChI is InChI=1S/C17H18N4O2S/c1-23-9-11-6-15(24-10-11)16(22)18-12-7-21(8-12)17-19-13-4-2-3-5-14(13)20-17/h2-6,10,12H,7-9H2,1H3,(H,18,22)(H,19,20). The van der Waals surface area contributed by atoms with E-state index in [9.17, 15) is 4.79 Å². The average molecular weight is 342 g/mol. The summed E-state index contributed by atoms with van der Waals surface area (Å²) in [6, 6.07) is 10.0. The van der Waals surface area contributed by atoms with E-state index in [2.05, 4.69) is 20.2 Å². The molecule has 1 aromatic carbocycles. The number of nitrogens with one attached hydrogen (secondary N) is 2. The minimum Gasteiger partial charge on any atom is -0.380 e. The molecule has 0 spiro atoms. The molecule has 6 nitrogen and oxygen atoms in total. The molecule has 1 amide bonds. The fourth-order valence-corrected chi connectivity index (χ4v) is 3.63. The predicted octanol–water partition coefficient (Wildman–Crippen LogP) is 2.39. The molecule has 0 radical (unpaired) electrons. The highest BCUT2D eigenvalue weighted by Gasteiger charge is 2.30. The van der Waals surface area contributed by atoms with Crippen LogP contribution in [0.2, 0.25) is 0 Å². The Morgan fingerprint density at radius 3 is 3.08 bits per heavy atom. The number of H-pyrrole nitrogens is 1. The predicted molar refractivity (Wildman–Crippen MR) is 94.6 cm³/mol. The zero-order valence-electron chi connectivity index (χ0n) is 13.3. The van der Waals surface area contributed by atoms with Crippen molar-refractivity contribution in [2.75, 3.05) is 25.1 Å². The Morgan fingerprint density at radius 1 is 1.46 bits per heavy atom. The van der Waals surface area contributed by atoms with Crippen LogP contribution in [0.1, 0.15) is 15.2 Å². The Kier molecular flexibility index (Phi) is 3.95. The number of para-hydroxylation sites is 2. The molecule has 4 rings (SSSR count). The van der Waals surface area contributed by atoms with Crippen LogP contribution >= 0.6 is 11.3 Å². The number of imidazole rings is 1. The van der Waals surface area contributed by atoms with Crippen molar-refractivity contribution >= 4 is 34.2 Å². The zero-order valence-corrected chi connectivity index (χ0v) is 14.1. The van der Waals surface area contributed by atoms with Crippen molar-refractivity contribution in [2.45, 2.75) is 12.6 Å². The lowest BCUT2D eigenvalue weighted by Gasteiger charge is -2.39. The molecule has 2 aromatic heterocycles. The Hall–Kier alpha value is -2.38. The molecule has 2 N–H and O–H groups in total. The molecular weight excluding hydrogens is 324 g/mol. The lowest BCUT2D eigenvalue weighted by molar-refractivity contribution is 0.0934. The van der Waals surface area contributed by atoms with Crippen LogP contribution in [0.5, 0.6) is 0 Å². The van der Waals surface area contributed by atoms with E-state index in [0.29, 0.717) is 6.61 Å². The third-order valence-corrected chi connectivity index (χ3v) is 5.06. The van der Waals surface area contributed by atoms with Gasteiger partial charge in [0.25, 0.3) is 5.91 Å². The molecule has 0 bridgehead atoms. The monoisotopic (exact) mass is 342 g/mol. The number of anilines is 1. The Labute approximate surface area is 143 Å². The molecule has 124 valence electrons. The molecule has 0 unspecified atom stereocenters. The summed E-state index contributed by atoms with van der Waals surface area (Å²) < 4.78 is 5.08. The number of rotatable bonds is 5. The van der Waals surface area contributed by atoms with Gasteiger partial charge in [0.2, 0.25) is 5.95 Å². The molecule has 0 aliphatic carbocycles. The van der Waals surface area contributed by atoms with Gasteiger partial charge < -0.3 is 19.9 Å². The van der Waals surface area contributed by atoms with E-state index in [4.69, 9.17) is 4.74 Å². The normalized spacial score (nSPS) is 14.8. The van der Waals surface area contributed by atoms with Gasteiger partial charge in [0.05, 0.1) is 28.6 Å². The highest BCUT2D eigenvalue weighted by molar-refractivity contribution is 7.12. The minimum atomic E-state index is -0.0170. The molecular formula is C17H18N4O2S. The number of carbonyl (C=O) groups excluding carboxylic acids is 1. The maximum atomic E-state index is 12.3. The Bertz CT molecular complexity index is 833. The van der Waals surface area contributed by atoms with Gasteiger partial charge in [-0.15, -0.1) is 11.3 Å². The van der Waals surface area contributed by atoms with Gasteiger partial charge >= 0.3 is 0 Å². The average Bonchev–Trinajstić information content (AvgIpc) is 3.16. The maximum absolute atomic E-state index is 12.3. The van der Waals surface area contributed by atoms with Crippen LogP contribution in [0.4, 0.5) is 5.95 Å². The van der Waals surface area contributed by atoms with Crippen molar-refractivity contribution < 1.29 is 9.53 Å². The summed E-state index contributed by atoms with van der Waals surface area (Å²) in [5.41, 5.74) is 3.03. The van der Waals surface area contributed by atoms with E-state index in [0.717, 1.165) is 40.5 Å². The molecule has 24 heavy (non-hydrogen) atoms.